The van der Waals surface area contributed by atoms with Crippen LogP contribution in [0.15, 0.2) is 54.7 Å². The van der Waals surface area contributed by atoms with Crippen molar-refractivity contribution in [1.82, 2.24) is 9.97 Å². The smallest absolute Gasteiger partial charge is 0.0890 e. The molecule has 0 aliphatic carbocycles. The first-order chi connectivity index (χ1) is 9.85. The monoisotopic (exact) mass is 263 g/mol. The minimum atomic E-state index is 0.686. The predicted molar refractivity (Wildman–Crippen MR) is 82.7 cm³/mol. The molecule has 0 unspecified atom stereocenters. The van der Waals surface area contributed by atoms with E-state index >= 15 is 0 Å². The zero-order valence-electron chi connectivity index (χ0n) is 11.5. The number of aryl methyl sites for hydroxylation is 1. The van der Waals surface area contributed by atoms with Gasteiger partial charge in [0.1, 0.15) is 0 Å². The van der Waals surface area contributed by atoms with E-state index in [2.05, 4.69) is 46.5 Å². The maximum absolute atomic E-state index is 4.61. The van der Waals surface area contributed by atoms with Crippen LogP contribution in [-0.4, -0.2) is 9.97 Å². The Hall–Kier alpha value is -2.42. The average Bonchev–Trinajstić information content (AvgIpc) is 2.53. The van der Waals surface area contributed by atoms with E-state index < -0.39 is 0 Å². The van der Waals surface area contributed by atoms with E-state index in [0.29, 0.717) is 6.54 Å². The van der Waals surface area contributed by atoms with Crippen molar-refractivity contribution >= 4 is 16.7 Å². The fraction of sp³-hybridized carbons (Fsp3) is 0.176. The van der Waals surface area contributed by atoms with Crippen LogP contribution in [0.25, 0.3) is 11.0 Å². The van der Waals surface area contributed by atoms with Crippen LogP contribution in [0.3, 0.4) is 0 Å². The molecule has 2 aromatic carbocycles. The molecule has 1 heterocycles. The number of fused-ring (bicyclic) bond motifs is 1. The lowest BCUT2D eigenvalue weighted by atomic mass is 10.1. The third kappa shape index (κ3) is 2.77. The first kappa shape index (κ1) is 12.6. The van der Waals surface area contributed by atoms with Crippen LogP contribution in [-0.2, 0) is 13.0 Å². The largest absolute Gasteiger partial charge is 0.379 e. The third-order valence-electron chi connectivity index (χ3n) is 3.31. The van der Waals surface area contributed by atoms with Crippen molar-refractivity contribution in [2.45, 2.75) is 19.9 Å². The zero-order chi connectivity index (χ0) is 13.8. The number of nitrogens with zero attached hydrogens (tertiary/aromatic N) is 2. The Balaban J connectivity index is 1.76. The van der Waals surface area contributed by atoms with Gasteiger partial charge in [-0.3, -0.25) is 4.98 Å². The molecule has 3 nitrogen and oxygen atoms in total. The first-order valence-corrected chi connectivity index (χ1v) is 6.88. The predicted octanol–water partition coefficient (Wildman–Crippen LogP) is 3.80. The summed E-state index contributed by atoms with van der Waals surface area (Å²) in [6, 6.07) is 16.4. The molecule has 0 fully saturated rings. The third-order valence-corrected chi connectivity index (χ3v) is 3.31. The molecule has 0 atom stereocenters. The summed E-state index contributed by atoms with van der Waals surface area (Å²) in [6.07, 6.45) is 2.88. The molecule has 1 N–H and O–H groups in total. The van der Waals surface area contributed by atoms with Crippen LogP contribution >= 0.6 is 0 Å². The standard InChI is InChI=1S/C17H17N3/c1-2-13-6-5-7-14(10-13)18-11-15-12-19-16-8-3-4-9-17(16)20-15/h3-10,12,18H,2,11H2,1H3. The van der Waals surface area contributed by atoms with Gasteiger partial charge in [-0.25, -0.2) is 4.98 Å². The van der Waals surface area contributed by atoms with E-state index in [0.717, 1.165) is 28.8 Å². The van der Waals surface area contributed by atoms with Crippen molar-refractivity contribution in [2.24, 2.45) is 0 Å². The van der Waals surface area contributed by atoms with E-state index in [4.69, 9.17) is 0 Å². The highest BCUT2D eigenvalue weighted by Crippen LogP contribution is 2.13. The molecule has 3 heteroatoms. The summed E-state index contributed by atoms with van der Waals surface area (Å²) in [5.74, 6) is 0. The van der Waals surface area contributed by atoms with Crippen LogP contribution < -0.4 is 5.32 Å². The van der Waals surface area contributed by atoms with Crippen molar-refractivity contribution in [1.29, 1.82) is 0 Å². The van der Waals surface area contributed by atoms with Gasteiger partial charge in [0.05, 0.1) is 29.5 Å². The Morgan fingerprint density at radius 2 is 1.85 bits per heavy atom. The lowest BCUT2D eigenvalue weighted by molar-refractivity contribution is 1.04. The Bertz CT molecular complexity index is 722. The number of anilines is 1. The second-order valence-electron chi connectivity index (χ2n) is 4.76. The second kappa shape index (κ2) is 5.70. The summed E-state index contributed by atoms with van der Waals surface area (Å²) < 4.78 is 0. The minimum Gasteiger partial charge on any atom is -0.379 e. The summed E-state index contributed by atoms with van der Waals surface area (Å²) in [7, 11) is 0. The number of para-hydroxylation sites is 2. The van der Waals surface area contributed by atoms with Crippen LogP contribution in [0.4, 0.5) is 5.69 Å². The molecule has 100 valence electrons. The van der Waals surface area contributed by atoms with Gasteiger partial charge < -0.3 is 5.32 Å². The van der Waals surface area contributed by atoms with E-state index in [-0.39, 0.29) is 0 Å². The van der Waals surface area contributed by atoms with Gasteiger partial charge in [0.15, 0.2) is 0 Å². The maximum atomic E-state index is 4.61. The molecule has 1 aromatic heterocycles. The van der Waals surface area contributed by atoms with E-state index in [9.17, 15) is 0 Å². The van der Waals surface area contributed by atoms with Gasteiger partial charge in [-0.05, 0) is 36.2 Å². The van der Waals surface area contributed by atoms with Crippen molar-refractivity contribution < 1.29 is 0 Å². The highest BCUT2D eigenvalue weighted by Gasteiger charge is 2.00. The van der Waals surface area contributed by atoms with Gasteiger partial charge in [0, 0.05) is 5.69 Å². The number of nitrogens with one attached hydrogen (secondary N) is 1. The molecule has 3 aromatic rings. The Kier molecular flexibility index (Phi) is 3.59. The van der Waals surface area contributed by atoms with E-state index in [1.807, 2.05) is 30.5 Å². The van der Waals surface area contributed by atoms with E-state index in [1.54, 1.807) is 0 Å². The summed E-state index contributed by atoms with van der Waals surface area (Å²) in [6.45, 7) is 2.85. The van der Waals surface area contributed by atoms with Crippen LogP contribution in [0.1, 0.15) is 18.2 Å². The minimum absolute atomic E-state index is 0.686. The lowest BCUT2D eigenvalue weighted by Gasteiger charge is -2.07. The number of aromatic nitrogens is 2. The molecular weight excluding hydrogens is 246 g/mol. The highest BCUT2D eigenvalue weighted by atomic mass is 14.9. The normalized spacial score (nSPS) is 10.7. The molecule has 3 rings (SSSR count). The van der Waals surface area contributed by atoms with Crippen LogP contribution in [0, 0.1) is 0 Å². The van der Waals surface area contributed by atoms with Gasteiger partial charge >= 0.3 is 0 Å². The van der Waals surface area contributed by atoms with Crippen molar-refractivity contribution in [3.8, 4) is 0 Å². The number of rotatable bonds is 4. The maximum Gasteiger partial charge on any atom is 0.0890 e. The molecule has 0 aliphatic heterocycles. The molecular formula is C17H17N3. The van der Waals surface area contributed by atoms with Gasteiger partial charge in [-0.1, -0.05) is 31.2 Å². The fourth-order valence-electron chi connectivity index (χ4n) is 2.17. The molecule has 0 spiro atoms. The van der Waals surface area contributed by atoms with Gasteiger partial charge in [-0.15, -0.1) is 0 Å². The Morgan fingerprint density at radius 3 is 2.70 bits per heavy atom. The topological polar surface area (TPSA) is 37.8 Å². The molecule has 0 aliphatic rings. The summed E-state index contributed by atoms with van der Waals surface area (Å²) in [5, 5.41) is 3.40. The fourth-order valence-corrected chi connectivity index (χ4v) is 2.17. The first-order valence-electron chi connectivity index (χ1n) is 6.88. The molecule has 0 saturated heterocycles. The number of benzene rings is 2. The quantitative estimate of drug-likeness (QED) is 0.778. The average molecular weight is 263 g/mol. The highest BCUT2D eigenvalue weighted by molar-refractivity contribution is 5.73. The van der Waals surface area contributed by atoms with Crippen molar-refractivity contribution in [3.63, 3.8) is 0 Å². The Morgan fingerprint density at radius 1 is 1.00 bits per heavy atom. The molecule has 0 radical (unpaired) electrons. The van der Waals surface area contributed by atoms with Gasteiger partial charge in [-0.2, -0.15) is 0 Å². The summed E-state index contributed by atoms with van der Waals surface area (Å²) >= 11 is 0. The Labute approximate surface area is 118 Å². The number of hydrogen-bond donors (Lipinski definition) is 1. The summed E-state index contributed by atoms with van der Waals surface area (Å²) in [4.78, 5) is 9.03. The van der Waals surface area contributed by atoms with Crippen LogP contribution in [0.2, 0.25) is 0 Å². The van der Waals surface area contributed by atoms with Crippen LogP contribution in [0.5, 0.6) is 0 Å². The second-order valence-corrected chi connectivity index (χ2v) is 4.76. The molecule has 0 bridgehead atoms. The van der Waals surface area contributed by atoms with E-state index in [1.165, 1.54) is 5.56 Å². The van der Waals surface area contributed by atoms with Crippen molar-refractivity contribution in [2.75, 3.05) is 5.32 Å². The van der Waals surface area contributed by atoms with Crippen molar-refractivity contribution in [3.05, 3.63) is 66.0 Å². The molecule has 20 heavy (non-hydrogen) atoms. The zero-order valence-corrected chi connectivity index (χ0v) is 11.5. The molecule has 0 amide bonds. The van der Waals surface area contributed by atoms with Gasteiger partial charge in [0.2, 0.25) is 0 Å². The molecule has 0 saturated carbocycles. The lowest BCUT2D eigenvalue weighted by Crippen LogP contribution is -2.02. The number of hydrogen-bond acceptors (Lipinski definition) is 3. The SMILES string of the molecule is CCc1cccc(NCc2cnc3ccccc3n2)c1. The summed E-state index contributed by atoms with van der Waals surface area (Å²) in [5.41, 5.74) is 5.28. The van der Waals surface area contributed by atoms with Gasteiger partial charge in [0.25, 0.3) is 0 Å².